The quantitative estimate of drug-likeness (QED) is 0.390. The van der Waals surface area contributed by atoms with Crippen molar-refractivity contribution in [3.05, 3.63) is 108 Å². The van der Waals surface area contributed by atoms with Crippen molar-refractivity contribution in [2.45, 2.75) is 0 Å². The second-order valence-corrected chi connectivity index (χ2v) is 7.08. The molecule has 6 nitrogen and oxygen atoms in total. The second-order valence-electron chi connectivity index (χ2n) is 7.08. The van der Waals surface area contributed by atoms with Gasteiger partial charge in [-0.25, -0.2) is 0 Å². The first kappa shape index (κ1) is 18.1. The Morgan fingerprint density at radius 1 is 0.767 bits per heavy atom. The lowest BCUT2D eigenvalue weighted by Gasteiger charge is -2.26. The number of rotatable bonds is 4. The number of benzene rings is 3. The summed E-state index contributed by atoms with van der Waals surface area (Å²) in [6.07, 6.45) is 5.28. The van der Waals surface area contributed by atoms with Crippen molar-refractivity contribution < 1.29 is 9.33 Å². The van der Waals surface area contributed by atoms with Crippen molar-refractivity contribution in [1.29, 1.82) is 0 Å². The van der Waals surface area contributed by atoms with Gasteiger partial charge in [-0.15, -0.1) is 4.59 Å². The van der Waals surface area contributed by atoms with Crippen molar-refractivity contribution in [2.24, 2.45) is 15.8 Å². The summed E-state index contributed by atoms with van der Waals surface area (Å²) in [5, 5.41) is 0. The molecule has 0 spiro atoms. The van der Waals surface area contributed by atoms with Crippen LogP contribution in [0, 0.1) is 0 Å². The summed E-state index contributed by atoms with van der Waals surface area (Å²) >= 11 is 0. The maximum absolute atomic E-state index is 6.77. The molecule has 0 aliphatic carbocycles. The van der Waals surface area contributed by atoms with Crippen molar-refractivity contribution in [3.63, 3.8) is 0 Å². The van der Waals surface area contributed by atoms with Crippen LogP contribution in [0.5, 0.6) is 11.5 Å². The van der Waals surface area contributed by atoms with E-state index in [1.165, 1.54) is 0 Å². The van der Waals surface area contributed by atoms with E-state index in [9.17, 15) is 0 Å². The number of fused-ring (bicyclic) bond motifs is 1. The average molecular weight is 394 g/mol. The molecule has 0 saturated carbocycles. The van der Waals surface area contributed by atoms with Gasteiger partial charge in [0.2, 0.25) is 5.70 Å². The smallest absolute Gasteiger partial charge is 0.265 e. The van der Waals surface area contributed by atoms with E-state index in [0.29, 0.717) is 11.5 Å². The number of hydrogen-bond donors (Lipinski definition) is 2. The van der Waals surface area contributed by atoms with Gasteiger partial charge in [-0.2, -0.15) is 10.8 Å². The Balaban J connectivity index is 1.51. The maximum Gasteiger partial charge on any atom is 0.265 e. The molecule has 1 unspecified atom stereocenters. The van der Waals surface area contributed by atoms with E-state index < -0.39 is 0 Å². The van der Waals surface area contributed by atoms with Crippen LogP contribution < -0.4 is 16.3 Å². The molecule has 3 aromatic carbocycles. The van der Waals surface area contributed by atoms with Gasteiger partial charge in [0, 0.05) is 11.3 Å². The highest BCUT2D eigenvalue weighted by Crippen LogP contribution is 2.36. The molecular weight excluding hydrogens is 374 g/mol. The van der Waals surface area contributed by atoms with Gasteiger partial charge in [0.05, 0.1) is 18.0 Å². The van der Waals surface area contributed by atoms with Crippen LogP contribution in [0.3, 0.4) is 0 Å². The number of nitrogens with zero attached hydrogens (tertiary/aromatic N) is 3. The molecule has 0 radical (unpaired) electrons. The van der Waals surface area contributed by atoms with E-state index in [1.54, 1.807) is 12.4 Å². The molecule has 0 fully saturated rings. The predicted molar refractivity (Wildman–Crippen MR) is 119 cm³/mol. The fourth-order valence-corrected chi connectivity index (χ4v) is 3.53. The Hall–Kier alpha value is -4.00. The van der Waals surface area contributed by atoms with E-state index in [0.717, 1.165) is 34.0 Å². The first-order valence-electron chi connectivity index (χ1n) is 9.55. The Morgan fingerprint density at radius 2 is 1.43 bits per heavy atom. The number of amidine groups is 1. The van der Waals surface area contributed by atoms with Gasteiger partial charge < -0.3 is 10.5 Å². The number of anilines is 1. The highest BCUT2D eigenvalue weighted by atomic mass is 16.5. The zero-order chi connectivity index (χ0) is 20.6. The highest BCUT2D eigenvalue weighted by molar-refractivity contribution is 6.06. The highest BCUT2D eigenvalue weighted by Gasteiger charge is 2.44. The fourth-order valence-electron chi connectivity index (χ4n) is 3.53. The summed E-state index contributed by atoms with van der Waals surface area (Å²) in [6, 6.07) is 25.0. The molecular formula is C24H20N5O+. The van der Waals surface area contributed by atoms with Crippen LogP contribution in [0.2, 0.25) is 0 Å². The topological polar surface area (TPSA) is 86.0 Å². The molecule has 0 amide bonds. The summed E-state index contributed by atoms with van der Waals surface area (Å²) < 4.78 is 5.86. The molecule has 0 aromatic heterocycles. The maximum atomic E-state index is 6.77. The van der Waals surface area contributed by atoms with Crippen LogP contribution in [-0.2, 0) is 0 Å². The number of para-hydroxylation sites is 1. The van der Waals surface area contributed by atoms with Crippen molar-refractivity contribution in [1.82, 2.24) is 0 Å². The molecule has 0 saturated heterocycles. The summed E-state index contributed by atoms with van der Waals surface area (Å²) in [4.78, 5) is 9.18. The van der Waals surface area contributed by atoms with E-state index in [2.05, 4.69) is 4.99 Å². The molecule has 2 aliphatic heterocycles. The lowest BCUT2D eigenvalue weighted by molar-refractivity contribution is -0.749. The third-order valence-corrected chi connectivity index (χ3v) is 5.07. The largest absolute Gasteiger partial charge is 0.457 e. The van der Waals surface area contributed by atoms with Crippen LogP contribution in [0.1, 0.15) is 11.1 Å². The summed E-state index contributed by atoms with van der Waals surface area (Å²) in [7, 11) is 0. The Bertz CT molecular complexity index is 1210. The number of quaternary nitrogens is 1. The zero-order valence-electron chi connectivity index (χ0n) is 16.1. The van der Waals surface area contributed by atoms with E-state index in [4.69, 9.17) is 21.3 Å². The minimum absolute atomic E-state index is 0.0396. The molecule has 1 atom stereocenters. The number of hydrogen-bond acceptors (Lipinski definition) is 5. The SMILES string of the molecule is Nc1ccc(C2=C3C=NC=C[N+]3(N)C(c3ccc(Oc4ccccc4)cc3)=N2)cc1. The van der Waals surface area contributed by atoms with E-state index >= 15 is 0 Å². The minimum Gasteiger partial charge on any atom is -0.457 e. The zero-order valence-corrected chi connectivity index (χ0v) is 16.1. The number of allylic oxidation sites excluding steroid dienone is 1. The normalized spacial score (nSPS) is 19.6. The number of nitrogens with two attached hydrogens (primary N) is 2. The van der Waals surface area contributed by atoms with Gasteiger partial charge in [-0.05, 0) is 48.5 Å². The van der Waals surface area contributed by atoms with Gasteiger partial charge in [-0.1, -0.05) is 30.3 Å². The third kappa shape index (κ3) is 3.10. The first-order valence-corrected chi connectivity index (χ1v) is 9.55. The van der Waals surface area contributed by atoms with Crippen LogP contribution in [0.25, 0.3) is 5.70 Å². The average Bonchev–Trinajstić information content (AvgIpc) is 3.09. The number of nitrogen functional groups attached to an aromatic ring is 1. The molecule has 30 heavy (non-hydrogen) atoms. The van der Waals surface area contributed by atoms with Crippen LogP contribution >= 0.6 is 0 Å². The molecule has 3 aromatic rings. The summed E-state index contributed by atoms with van der Waals surface area (Å²) in [6.45, 7) is 0. The van der Waals surface area contributed by atoms with Gasteiger partial charge in [0.1, 0.15) is 23.4 Å². The van der Waals surface area contributed by atoms with Gasteiger partial charge >= 0.3 is 0 Å². The molecule has 6 heteroatoms. The van der Waals surface area contributed by atoms with E-state index in [1.807, 2.05) is 85.1 Å². The van der Waals surface area contributed by atoms with Crippen LogP contribution in [-0.4, -0.2) is 16.6 Å². The second kappa shape index (κ2) is 7.11. The van der Waals surface area contributed by atoms with E-state index in [-0.39, 0.29) is 4.59 Å². The van der Waals surface area contributed by atoms with Gasteiger partial charge in [-0.3, -0.25) is 4.99 Å². The van der Waals surface area contributed by atoms with Crippen molar-refractivity contribution in [3.8, 4) is 11.5 Å². The van der Waals surface area contributed by atoms with Gasteiger partial charge in [0.15, 0.2) is 0 Å². The third-order valence-electron chi connectivity index (χ3n) is 5.07. The number of aliphatic imine (C=N–C) groups is 2. The van der Waals surface area contributed by atoms with Gasteiger partial charge in [0.25, 0.3) is 5.84 Å². The Labute approximate surface area is 174 Å². The number of ether oxygens (including phenoxy) is 1. The molecule has 0 bridgehead atoms. The van der Waals surface area contributed by atoms with Crippen molar-refractivity contribution >= 4 is 23.4 Å². The Kier molecular flexibility index (Phi) is 4.28. The summed E-state index contributed by atoms with van der Waals surface area (Å²) in [5.74, 6) is 9.02. The monoisotopic (exact) mass is 394 g/mol. The van der Waals surface area contributed by atoms with Crippen LogP contribution in [0.4, 0.5) is 5.69 Å². The molecule has 2 heterocycles. The minimum atomic E-state index is -0.0396. The van der Waals surface area contributed by atoms with Crippen molar-refractivity contribution in [2.75, 3.05) is 5.73 Å². The standard InChI is InChI=1S/C24H20N5O/c25-19-10-6-17(7-11-19)23-22-16-27-14-15-29(22,26)24(28-23)18-8-12-21(13-9-18)30-20-4-2-1-3-5-20/h1-16H,25-26H2/q+1. The van der Waals surface area contributed by atoms with Crippen LogP contribution in [0.15, 0.2) is 107 Å². The molecule has 4 N–H and O–H groups in total. The molecule has 2 aliphatic rings. The molecule has 146 valence electrons. The fraction of sp³-hybridized carbons (Fsp3) is 0. The molecule has 5 rings (SSSR count). The lowest BCUT2D eigenvalue weighted by atomic mass is 10.1. The first-order chi connectivity index (χ1) is 14.6. The Morgan fingerprint density at radius 3 is 2.17 bits per heavy atom. The lowest BCUT2D eigenvalue weighted by Crippen LogP contribution is -2.53. The predicted octanol–water partition coefficient (Wildman–Crippen LogP) is 4.44. The summed E-state index contributed by atoms with van der Waals surface area (Å²) in [5.41, 5.74) is 9.97.